The van der Waals surface area contributed by atoms with E-state index in [0.29, 0.717) is 6.04 Å². The van der Waals surface area contributed by atoms with Crippen molar-refractivity contribution in [1.82, 2.24) is 4.90 Å². The van der Waals surface area contributed by atoms with Gasteiger partial charge in [0.25, 0.3) is 0 Å². The van der Waals surface area contributed by atoms with Gasteiger partial charge in [0.15, 0.2) is 0 Å². The summed E-state index contributed by atoms with van der Waals surface area (Å²) in [6.45, 7) is 3.52. The first-order valence-corrected chi connectivity index (χ1v) is 5.97. The molecule has 1 fully saturated rings. The van der Waals surface area contributed by atoms with Gasteiger partial charge in [-0.1, -0.05) is 25.0 Å². The molecule has 0 aromatic heterocycles. The zero-order valence-corrected chi connectivity index (χ0v) is 10.1. The quantitative estimate of drug-likeness (QED) is 0.648. The molecule has 0 saturated carbocycles. The first-order valence-electron chi connectivity index (χ1n) is 5.97. The van der Waals surface area contributed by atoms with Gasteiger partial charge in [-0.15, -0.1) is 6.42 Å². The van der Waals surface area contributed by atoms with Crippen LogP contribution in [0.4, 0.5) is 0 Å². The Hall–Kier alpha value is -1.26. The molecule has 1 nitrogen and oxygen atoms in total. The van der Waals surface area contributed by atoms with Gasteiger partial charge in [-0.3, -0.25) is 4.90 Å². The second kappa shape index (κ2) is 4.72. The summed E-state index contributed by atoms with van der Waals surface area (Å²) >= 11 is 0. The van der Waals surface area contributed by atoms with Crippen LogP contribution in [0.2, 0.25) is 0 Å². The van der Waals surface area contributed by atoms with E-state index >= 15 is 0 Å². The second-order valence-electron chi connectivity index (χ2n) is 4.90. The molecule has 1 aliphatic heterocycles. The molecule has 0 radical (unpaired) electrons. The van der Waals surface area contributed by atoms with Crippen molar-refractivity contribution < 1.29 is 0 Å². The normalized spacial score (nSPS) is 26.3. The third-order valence-corrected chi connectivity index (χ3v) is 3.53. The molecule has 2 rings (SSSR count). The van der Waals surface area contributed by atoms with E-state index in [-0.39, 0.29) is 0 Å². The molecule has 1 heteroatoms. The first-order chi connectivity index (χ1) is 7.70. The van der Waals surface area contributed by atoms with Gasteiger partial charge in [0.2, 0.25) is 0 Å². The summed E-state index contributed by atoms with van der Waals surface area (Å²) in [6.07, 6.45) is 7.95. The molecule has 1 aromatic carbocycles. The van der Waals surface area contributed by atoms with E-state index in [9.17, 15) is 0 Å². The Morgan fingerprint density at radius 1 is 1.25 bits per heavy atom. The Kier molecular flexibility index (Phi) is 3.31. The lowest BCUT2D eigenvalue weighted by Gasteiger charge is -2.36. The fraction of sp³-hybridized carbons (Fsp3) is 0.467. The van der Waals surface area contributed by atoms with Crippen LogP contribution < -0.4 is 0 Å². The van der Waals surface area contributed by atoms with Gasteiger partial charge in [-0.25, -0.2) is 0 Å². The van der Waals surface area contributed by atoms with Crippen LogP contribution in [0.25, 0.3) is 0 Å². The number of hydrogen-bond donors (Lipinski definition) is 0. The average molecular weight is 213 g/mol. The van der Waals surface area contributed by atoms with Crippen molar-refractivity contribution >= 4 is 0 Å². The zero-order valence-electron chi connectivity index (χ0n) is 10.1. The van der Waals surface area contributed by atoms with E-state index in [0.717, 1.165) is 11.5 Å². The number of likely N-dealkylation sites (tertiary alicyclic amines) is 1. The van der Waals surface area contributed by atoms with Gasteiger partial charge >= 0.3 is 0 Å². The molecule has 2 atom stereocenters. The molecule has 16 heavy (non-hydrogen) atoms. The van der Waals surface area contributed by atoms with Crippen LogP contribution in [-0.4, -0.2) is 18.5 Å². The minimum absolute atomic E-state index is 0.572. The largest absolute Gasteiger partial charge is 0.299 e. The zero-order chi connectivity index (χ0) is 11.5. The van der Waals surface area contributed by atoms with Crippen LogP contribution in [-0.2, 0) is 0 Å². The summed E-state index contributed by atoms with van der Waals surface area (Å²) in [6, 6.07) is 9.00. The highest BCUT2D eigenvalue weighted by molar-refractivity contribution is 5.35. The number of piperidine rings is 1. The van der Waals surface area contributed by atoms with Gasteiger partial charge in [0.05, 0.1) is 0 Å². The predicted molar refractivity (Wildman–Crippen MR) is 68.1 cm³/mol. The Balaban J connectivity index is 2.14. The van der Waals surface area contributed by atoms with Crippen LogP contribution in [0, 0.1) is 18.3 Å². The molecule has 0 N–H and O–H groups in total. The minimum atomic E-state index is 0.572. The molecule has 1 saturated heterocycles. The summed E-state index contributed by atoms with van der Waals surface area (Å²) in [5.41, 5.74) is 2.36. The monoisotopic (exact) mass is 213 g/mol. The Morgan fingerprint density at radius 2 is 1.94 bits per heavy atom. The third-order valence-electron chi connectivity index (χ3n) is 3.53. The van der Waals surface area contributed by atoms with Crippen LogP contribution in [0.15, 0.2) is 24.3 Å². The van der Waals surface area contributed by atoms with Crippen molar-refractivity contribution in [2.24, 2.45) is 5.92 Å². The fourth-order valence-electron chi connectivity index (χ4n) is 2.60. The van der Waals surface area contributed by atoms with Crippen LogP contribution >= 0.6 is 0 Å². The average Bonchev–Trinajstić information content (AvgIpc) is 2.29. The maximum Gasteiger partial charge on any atom is 0.0345 e. The summed E-state index contributed by atoms with van der Waals surface area (Å²) in [4.78, 5) is 2.46. The van der Waals surface area contributed by atoms with E-state index < -0.39 is 0 Å². The maximum absolute atomic E-state index is 5.36. The lowest BCUT2D eigenvalue weighted by molar-refractivity contribution is 0.146. The minimum Gasteiger partial charge on any atom is -0.299 e. The molecule has 2 unspecified atom stereocenters. The number of rotatable bonds is 1. The van der Waals surface area contributed by atoms with Crippen molar-refractivity contribution in [3.63, 3.8) is 0 Å². The van der Waals surface area contributed by atoms with Crippen molar-refractivity contribution in [2.75, 3.05) is 13.6 Å². The lowest BCUT2D eigenvalue weighted by Crippen LogP contribution is -2.33. The second-order valence-corrected chi connectivity index (χ2v) is 4.90. The van der Waals surface area contributed by atoms with Gasteiger partial charge in [0.1, 0.15) is 0 Å². The number of benzene rings is 1. The van der Waals surface area contributed by atoms with Crippen LogP contribution in [0.5, 0.6) is 0 Å². The van der Waals surface area contributed by atoms with Crippen LogP contribution in [0.3, 0.4) is 0 Å². The maximum atomic E-state index is 5.36. The molecule has 1 aliphatic rings. The van der Waals surface area contributed by atoms with Gasteiger partial charge in [-0.05, 0) is 43.5 Å². The first kappa shape index (κ1) is 11.2. The highest BCUT2D eigenvalue weighted by Gasteiger charge is 2.24. The van der Waals surface area contributed by atoms with E-state index in [1.807, 2.05) is 12.1 Å². The summed E-state index contributed by atoms with van der Waals surface area (Å²) in [5.74, 6) is 3.49. The van der Waals surface area contributed by atoms with Crippen molar-refractivity contribution in [3.05, 3.63) is 35.4 Å². The van der Waals surface area contributed by atoms with E-state index in [2.05, 4.69) is 36.9 Å². The summed E-state index contributed by atoms with van der Waals surface area (Å²) in [7, 11) is 2.22. The SMILES string of the molecule is C#Cc1ccc(C2CCC(C)CN2C)cc1. The Bertz CT molecular complexity index is 385. The number of hydrogen-bond acceptors (Lipinski definition) is 1. The Labute approximate surface area is 98.5 Å². The van der Waals surface area contributed by atoms with Crippen molar-refractivity contribution in [2.45, 2.75) is 25.8 Å². The molecule has 0 bridgehead atoms. The highest BCUT2D eigenvalue weighted by Crippen LogP contribution is 2.31. The van der Waals surface area contributed by atoms with E-state index in [4.69, 9.17) is 6.42 Å². The predicted octanol–water partition coefficient (Wildman–Crippen LogP) is 3.07. The smallest absolute Gasteiger partial charge is 0.0345 e. The molecule has 0 amide bonds. The number of terminal acetylenes is 1. The molecule has 1 heterocycles. The molecule has 0 aliphatic carbocycles. The molecule has 84 valence electrons. The summed E-state index contributed by atoms with van der Waals surface area (Å²) in [5, 5.41) is 0. The highest BCUT2D eigenvalue weighted by atomic mass is 15.1. The van der Waals surface area contributed by atoms with E-state index in [1.54, 1.807) is 0 Å². The van der Waals surface area contributed by atoms with Gasteiger partial charge in [0, 0.05) is 18.2 Å². The van der Waals surface area contributed by atoms with Crippen molar-refractivity contribution in [3.8, 4) is 12.3 Å². The molecule has 1 aromatic rings. The van der Waals surface area contributed by atoms with Gasteiger partial charge in [-0.2, -0.15) is 0 Å². The Morgan fingerprint density at radius 3 is 2.50 bits per heavy atom. The molecular formula is C15H19N. The standard InChI is InChI=1S/C15H19N/c1-4-13-6-8-14(9-7-13)15-10-5-12(2)11-16(15)3/h1,6-9,12,15H,5,10-11H2,2-3H3. The lowest BCUT2D eigenvalue weighted by atomic mass is 9.90. The van der Waals surface area contributed by atoms with Gasteiger partial charge < -0.3 is 0 Å². The van der Waals surface area contributed by atoms with Crippen molar-refractivity contribution in [1.29, 1.82) is 0 Å². The molecular weight excluding hydrogens is 194 g/mol. The fourth-order valence-corrected chi connectivity index (χ4v) is 2.60. The topological polar surface area (TPSA) is 3.24 Å². The number of nitrogens with zero attached hydrogens (tertiary/aromatic N) is 1. The van der Waals surface area contributed by atoms with E-state index in [1.165, 1.54) is 24.9 Å². The third kappa shape index (κ3) is 2.28. The molecule has 0 spiro atoms. The van der Waals surface area contributed by atoms with Crippen LogP contribution in [0.1, 0.15) is 36.9 Å². The summed E-state index contributed by atoms with van der Waals surface area (Å²) < 4.78 is 0.